The molecule has 22 heavy (non-hydrogen) atoms. The first-order chi connectivity index (χ1) is 10.4. The zero-order valence-corrected chi connectivity index (χ0v) is 15.4. The van der Waals surface area contributed by atoms with Gasteiger partial charge < -0.3 is 4.48 Å². The molecule has 5 heteroatoms. The molecule has 2 aromatic rings. The summed E-state index contributed by atoms with van der Waals surface area (Å²) in [5.41, 5.74) is 0.853. The summed E-state index contributed by atoms with van der Waals surface area (Å²) in [5, 5.41) is 1.51. The third-order valence-corrected chi connectivity index (χ3v) is 3.90. The molecule has 0 atom stereocenters. The van der Waals surface area contributed by atoms with E-state index in [1.54, 1.807) is 0 Å². The highest BCUT2D eigenvalue weighted by molar-refractivity contribution is 7.98. The molecule has 1 aromatic carbocycles. The molecule has 0 aliphatic carbocycles. The van der Waals surface area contributed by atoms with Crippen LogP contribution in [0, 0.1) is 0 Å². The van der Waals surface area contributed by atoms with E-state index >= 15 is 0 Å². The smallest absolute Gasteiger partial charge is 0.262 e. The van der Waals surface area contributed by atoms with Crippen molar-refractivity contribution in [2.75, 3.05) is 33.9 Å². The van der Waals surface area contributed by atoms with Gasteiger partial charge in [0.2, 0.25) is 0 Å². The maximum absolute atomic E-state index is 12.6. The van der Waals surface area contributed by atoms with Crippen LogP contribution < -0.4 is 5.56 Å². The van der Waals surface area contributed by atoms with Crippen LogP contribution in [0.15, 0.2) is 34.2 Å². The summed E-state index contributed by atoms with van der Waals surface area (Å²) in [6, 6.07) is 7.55. The number of fused-ring (bicyclic) bond motifs is 1. The molecule has 0 N–H and O–H groups in total. The van der Waals surface area contributed by atoms with E-state index in [1.165, 1.54) is 11.8 Å². The Bertz CT molecular complexity index is 659. The number of thioether (sulfide) groups is 1. The second-order valence-corrected chi connectivity index (χ2v) is 6.71. The van der Waals surface area contributed by atoms with Gasteiger partial charge in [-0.2, -0.15) is 0 Å². The highest BCUT2D eigenvalue weighted by Crippen LogP contribution is 2.15. The zero-order chi connectivity index (χ0) is 16.8. The van der Waals surface area contributed by atoms with E-state index in [9.17, 15) is 4.79 Å². The third kappa shape index (κ3) is 4.85. The minimum atomic E-state index is 0.0707. The second-order valence-electron chi connectivity index (χ2n) is 5.94. The summed E-state index contributed by atoms with van der Waals surface area (Å²) in [5.74, 6) is 0. The lowest BCUT2D eigenvalue weighted by Crippen LogP contribution is -2.36. The van der Waals surface area contributed by atoms with Gasteiger partial charge in [-0.25, -0.2) is 4.98 Å². The quantitative estimate of drug-likeness (QED) is 0.481. The van der Waals surface area contributed by atoms with Gasteiger partial charge in [0, 0.05) is 13.0 Å². The summed E-state index contributed by atoms with van der Waals surface area (Å²) in [6.45, 7) is 5.76. The summed E-state index contributed by atoms with van der Waals surface area (Å²) in [7, 11) is 6.49. The molecule has 1 heterocycles. The second kappa shape index (κ2) is 8.34. The Balaban J connectivity index is 0.00000116. The van der Waals surface area contributed by atoms with Crippen molar-refractivity contribution in [3.63, 3.8) is 0 Å². The normalized spacial score (nSPS) is 11.2. The molecule has 0 saturated heterocycles. The Kier molecular flexibility index (Phi) is 7.10. The topological polar surface area (TPSA) is 34.9 Å². The molecule has 0 aliphatic heterocycles. The van der Waals surface area contributed by atoms with Crippen molar-refractivity contribution in [2.24, 2.45) is 0 Å². The minimum Gasteiger partial charge on any atom is -0.331 e. The highest BCUT2D eigenvalue weighted by atomic mass is 32.2. The van der Waals surface area contributed by atoms with Gasteiger partial charge in [0.25, 0.3) is 5.56 Å². The van der Waals surface area contributed by atoms with Crippen molar-refractivity contribution in [1.82, 2.24) is 9.55 Å². The third-order valence-electron chi connectivity index (χ3n) is 3.22. The van der Waals surface area contributed by atoms with Crippen molar-refractivity contribution in [3.05, 3.63) is 34.6 Å². The molecule has 0 unspecified atom stereocenters. The number of nitrogens with zero attached hydrogens (tertiary/aromatic N) is 3. The van der Waals surface area contributed by atoms with Gasteiger partial charge in [0.05, 0.1) is 38.6 Å². The Morgan fingerprint density at radius 2 is 1.82 bits per heavy atom. The standard InChI is InChI=1S/C15H22N3OS.C2H6/c1-18(2,3)11-7-10-17-14(19)12-8-5-6-9-13(12)16-15(17)20-4;1-2/h5-6,8-9H,7,10-11H2,1-4H3;1-2H3/q+1;. The maximum Gasteiger partial charge on any atom is 0.262 e. The largest absolute Gasteiger partial charge is 0.331 e. The van der Waals surface area contributed by atoms with Crippen LogP contribution in [0.2, 0.25) is 0 Å². The first-order valence-corrected chi connectivity index (χ1v) is 8.99. The van der Waals surface area contributed by atoms with Gasteiger partial charge in [-0.15, -0.1) is 0 Å². The minimum absolute atomic E-state index is 0.0707. The molecule has 0 fully saturated rings. The Morgan fingerprint density at radius 3 is 2.41 bits per heavy atom. The number of hydrogen-bond donors (Lipinski definition) is 0. The molecule has 122 valence electrons. The summed E-state index contributed by atoms with van der Waals surface area (Å²) in [6.07, 6.45) is 2.93. The van der Waals surface area contributed by atoms with E-state index in [2.05, 4.69) is 26.1 Å². The van der Waals surface area contributed by atoms with Crippen LogP contribution >= 0.6 is 11.8 Å². The van der Waals surface area contributed by atoms with Gasteiger partial charge >= 0.3 is 0 Å². The molecular formula is C17H28N3OS+. The van der Waals surface area contributed by atoms with E-state index in [0.717, 1.165) is 34.7 Å². The molecule has 0 radical (unpaired) electrons. The average molecular weight is 322 g/mol. The predicted molar refractivity (Wildman–Crippen MR) is 96.6 cm³/mol. The number of quaternary nitrogens is 1. The average Bonchev–Trinajstić information content (AvgIpc) is 2.50. The fourth-order valence-corrected chi connectivity index (χ4v) is 2.79. The molecule has 0 bridgehead atoms. The van der Waals surface area contributed by atoms with Crippen molar-refractivity contribution in [1.29, 1.82) is 0 Å². The van der Waals surface area contributed by atoms with Crippen molar-refractivity contribution < 1.29 is 4.48 Å². The Labute approximate surface area is 137 Å². The number of benzene rings is 1. The molecule has 0 amide bonds. The van der Waals surface area contributed by atoms with E-state index in [0.29, 0.717) is 5.39 Å². The van der Waals surface area contributed by atoms with Crippen LogP contribution in [-0.2, 0) is 6.54 Å². The lowest BCUT2D eigenvalue weighted by molar-refractivity contribution is -0.870. The first-order valence-electron chi connectivity index (χ1n) is 7.76. The molecule has 2 rings (SSSR count). The molecule has 4 nitrogen and oxygen atoms in total. The fraction of sp³-hybridized carbons (Fsp3) is 0.529. The van der Waals surface area contributed by atoms with Crippen LogP contribution in [0.5, 0.6) is 0 Å². The van der Waals surface area contributed by atoms with E-state index in [4.69, 9.17) is 0 Å². The molecule has 0 spiro atoms. The molecule has 0 saturated carbocycles. The number of para-hydroxylation sites is 1. The number of rotatable bonds is 5. The Morgan fingerprint density at radius 1 is 1.18 bits per heavy atom. The van der Waals surface area contributed by atoms with Crippen LogP contribution in [0.1, 0.15) is 20.3 Å². The SMILES string of the molecule is CC.CSc1nc2ccccc2c(=O)n1CCC[N+](C)(C)C. The van der Waals surface area contributed by atoms with Crippen molar-refractivity contribution >= 4 is 22.7 Å². The van der Waals surface area contributed by atoms with Gasteiger partial charge in [-0.1, -0.05) is 37.7 Å². The van der Waals surface area contributed by atoms with Gasteiger partial charge in [0.15, 0.2) is 5.16 Å². The van der Waals surface area contributed by atoms with E-state index < -0.39 is 0 Å². The zero-order valence-electron chi connectivity index (χ0n) is 14.6. The predicted octanol–water partition coefficient (Wildman–Crippen LogP) is 3.24. The summed E-state index contributed by atoms with van der Waals surface area (Å²) >= 11 is 1.53. The van der Waals surface area contributed by atoms with Crippen LogP contribution in [0.25, 0.3) is 10.9 Å². The lowest BCUT2D eigenvalue weighted by Gasteiger charge is -2.24. The summed E-state index contributed by atoms with van der Waals surface area (Å²) < 4.78 is 2.72. The number of hydrogen-bond acceptors (Lipinski definition) is 3. The maximum atomic E-state index is 12.6. The first kappa shape index (κ1) is 18.7. The van der Waals surface area contributed by atoms with E-state index in [1.807, 2.05) is 48.9 Å². The molecule has 0 aliphatic rings. The monoisotopic (exact) mass is 322 g/mol. The molecular weight excluding hydrogens is 294 g/mol. The summed E-state index contributed by atoms with van der Waals surface area (Å²) in [4.78, 5) is 17.2. The van der Waals surface area contributed by atoms with Crippen LogP contribution in [0.4, 0.5) is 0 Å². The lowest BCUT2D eigenvalue weighted by atomic mass is 10.2. The highest BCUT2D eigenvalue weighted by Gasteiger charge is 2.12. The molecule has 1 aromatic heterocycles. The van der Waals surface area contributed by atoms with Gasteiger partial charge in [-0.3, -0.25) is 9.36 Å². The van der Waals surface area contributed by atoms with Gasteiger partial charge in [0.1, 0.15) is 0 Å². The number of aromatic nitrogens is 2. The van der Waals surface area contributed by atoms with Crippen molar-refractivity contribution in [3.8, 4) is 0 Å². The van der Waals surface area contributed by atoms with Crippen LogP contribution in [0.3, 0.4) is 0 Å². The van der Waals surface area contributed by atoms with Crippen molar-refractivity contribution in [2.45, 2.75) is 32.0 Å². The Hall–Kier alpha value is -1.33. The fourth-order valence-electron chi connectivity index (χ4n) is 2.20. The van der Waals surface area contributed by atoms with Gasteiger partial charge in [-0.05, 0) is 18.4 Å². The van der Waals surface area contributed by atoms with Crippen LogP contribution in [-0.4, -0.2) is 48.0 Å². The van der Waals surface area contributed by atoms with E-state index in [-0.39, 0.29) is 5.56 Å².